The molecule has 0 aliphatic carbocycles. The SMILES string of the molecule is Cc1ccccc1Sc1ccc([C@@H](C)O)cc1[N+](=O)[O-]. The molecule has 0 heterocycles. The third kappa shape index (κ3) is 3.18. The Kier molecular flexibility index (Phi) is 4.42. The maximum Gasteiger partial charge on any atom is 0.283 e. The monoisotopic (exact) mass is 289 g/mol. The van der Waals surface area contributed by atoms with E-state index in [1.165, 1.54) is 17.8 Å². The van der Waals surface area contributed by atoms with Gasteiger partial charge in [-0.1, -0.05) is 36.0 Å². The summed E-state index contributed by atoms with van der Waals surface area (Å²) in [5.41, 5.74) is 1.65. The van der Waals surface area contributed by atoms with E-state index in [1.54, 1.807) is 19.1 Å². The fourth-order valence-electron chi connectivity index (χ4n) is 1.81. The molecule has 104 valence electrons. The predicted octanol–water partition coefficient (Wildman–Crippen LogP) is 4.11. The van der Waals surface area contributed by atoms with Crippen molar-refractivity contribution in [3.8, 4) is 0 Å². The van der Waals surface area contributed by atoms with Crippen LogP contribution in [0.4, 0.5) is 5.69 Å². The highest BCUT2D eigenvalue weighted by Crippen LogP contribution is 2.37. The Morgan fingerprint density at radius 1 is 1.20 bits per heavy atom. The first-order chi connectivity index (χ1) is 9.49. The molecule has 2 aromatic carbocycles. The number of nitro benzene ring substituents is 1. The standard InChI is InChI=1S/C15H15NO3S/c1-10-5-3-4-6-14(10)20-15-8-7-12(11(2)17)9-13(15)16(18)19/h3-9,11,17H,1-2H3/t11-/m1/s1. The number of hydrogen-bond donors (Lipinski definition) is 1. The normalized spacial score (nSPS) is 12.2. The summed E-state index contributed by atoms with van der Waals surface area (Å²) in [6, 6.07) is 12.6. The largest absolute Gasteiger partial charge is 0.389 e. The van der Waals surface area contributed by atoms with Crippen LogP contribution >= 0.6 is 11.8 Å². The molecule has 1 N–H and O–H groups in total. The fourth-order valence-corrected chi connectivity index (χ4v) is 2.80. The number of rotatable bonds is 4. The van der Waals surface area contributed by atoms with Crippen molar-refractivity contribution in [1.29, 1.82) is 0 Å². The van der Waals surface area contributed by atoms with E-state index >= 15 is 0 Å². The average Bonchev–Trinajstić information content (AvgIpc) is 2.41. The molecule has 0 aliphatic heterocycles. The molecule has 4 nitrogen and oxygen atoms in total. The third-order valence-electron chi connectivity index (χ3n) is 2.98. The molecule has 0 unspecified atom stereocenters. The first-order valence-electron chi connectivity index (χ1n) is 6.19. The van der Waals surface area contributed by atoms with E-state index in [1.807, 2.05) is 31.2 Å². The molecule has 0 aliphatic rings. The molecule has 0 bridgehead atoms. The maximum absolute atomic E-state index is 11.2. The molecule has 2 aromatic rings. The van der Waals surface area contributed by atoms with Crippen LogP contribution in [0.3, 0.4) is 0 Å². The Labute approximate surface area is 121 Å². The van der Waals surface area contributed by atoms with Crippen molar-refractivity contribution < 1.29 is 10.0 Å². The van der Waals surface area contributed by atoms with Gasteiger partial charge in [-0.2, -0.15) is 0 Å². The molecule has 0 radical (unpaired) electrons. The van der Waals surface area contributed by atoms with Crippen LogP contribution < -0.4 is 0 Å². The van der Waals surface area contributed by atoms with Gasteiger partial charge in [0.15, 0.2) is 0 Å². The molecule has 0 saturated carbocycles. The number of hydrogen-bond acceptors (Lipinski definition) is 4. The van der Waals surface area contributed by atoms with Crippen molar-refractivity contribution in [3.63, 3.8) is 0 Å². The molecule has 0 fully saturated rings. The van der Waals surface area contributed by atoms with E-state index in [-0.39, 0.29) is 5.69 Å². The van der Waals surface area contributed by atoms with Gasteiger partial charge >= 0.3 is 0 Å². The van der Waals surface area contributed by atoms with Gasteiger partial charge in [0, 0.05) is 11.0 Å². The van der Waals surface area contributed by atoms with Crippen LogP contribution in [0.5, 0.6) is 0 Å². The molecule has 0 aromatic heterocycles. The number of aryl methyl sites for hydroxylation is 1. The zero-order valence-corrected chi connectivity index (χ0v) is 12.1. The number of aliphatic hydroxyl groups is 1. The van der Waals surface area contributed by atoms with Crippen LogP contribution in [0, 0.1) is 17.0 Å². The minimum atomic E-state index is -0.716. The summed E-state index contributed by atoms with van der Waals surface area (Å²) in [6.07, 6.45) is -0.716. The molecule has 2 rings (SSSR count). The lowest BCUT2D eigenvalue weighted by molar-refractivity contribution is -0.387. The smallest absolute Gasteiger partial charge is 0.283 e. The second kappa shape index (κ2) is 6.07. The molecular formula is C15H15NO3S. The first kappa shape index (κ1) is 14.6. The lowest BCUT2D eigenvalue weighted by Gasteiger charge is -2.09. The van der Waals surface area contributed by atoms with Crippen LogP contribution in [0.2, 0.25) is 0 Å². The summed E-state index contributed by atoms with van der Waals surface area (Å²) >= 11 is 1.37. The predicted molar refractivity (Wildman–Crippen MR) is 79.0 cm³/mol. The minimum Gasteiger partial charge on any atom is -0.389 e. The van der Waals surface area contributed by atoms with Gasteiger partial charge in [0.1, 0.15) is 0 Å². The van der Waals surface area contributed by atoms with Crippen LogP contribution in [0.1, 0.15) is 24.2 Å². The number of nitro groups is 1. The zero-order chi connectivity index (χ0) is 14.7. The molecule has 1 atom stereocenters. The Balaban J connectivity index is 2.41. The van der Waals surface area contributed by atoms with E-state index in [2.05, 4.69) is 0 Å². The van der Waals surface area contributed by atoms with Crippen molar-refractivity contribution in [2.75, 3.05) is 0 Å². The van der Waals surface area contributed by atoms with Gasteiger partial charge in [0.05, 0.1) is 15.9 Å². The van der Waals surface area contributed by atoms with Gasteiger partial charge in [0.2, 0.25) is 0 Å². The van der Waals surface area contributed by atoms with Crippen molar-refractivity contribution >= 4 is 17.4 Å². The molecule has 0 saturated heterocycles. The van der Waals surface area contributed by atoms with Gasteiger partial charge in [-0.25, -0.2) is 0 Å². The minimum absolute atomic E-state index is 0.0247. The maximum atomic E-state index is 11.2. The van der Waals surface area contributed by atoms with Crippen molar-refractivity contribution in [1.82, 2.24) is 0 Å². The molecule has 0 spiro atoms. The third-order valence-corrected chi connectivity index (χ3v) is 4.22. The highest BCUT2D eigenvalue weighted by atomic mass is 32.2. The quantitative estimate of drug-likeness (QED) is 0.679. The van der Waals surface area contributed by atoms with E-state index < -0.39 is 11.0 Å². The molecule has 5 heteroatoms. The van der Waals surface area contributed by atoms with Crippen LogP contribution in [-0.4, -0.2) is 10.0 Å². The van der Waals surface area contributed by atoms with E-state index in [9.17, 15) is 15.2 Å². The summed E-state index contributed by atoms with van der Waals surface area (Å²) in [4.78, 5) is 12.3. The van der Waals surface area contributed by atoms with Gasteiger partial charge in [-0.05, 0) is 37.1 Å². The summed E-state index contributed by atoms with van der Waals surface area (Å²) in [6.45, 7) is 3.56. The fraction of sp³-hybridized carbons (Fsp3) is 0.200. The Hall–Kier alpha value is -1.85. The van der Waals surface area contributed by atoms with Crippen molar-refractivity contribution in [3.05, 3.63) is 63.7 Å². The average molecular weight is 289 g/mol. The molecule has 0 amide bonds. The van der Waals surface area contributed by atoms with Crippen LogP contribution in [0.15, 0.2) is 52.3 Å². The highest BCUT2D eigenvalue weighted by molar-refractivity contribution is 7.99. The Bertz CT molecular complexity index is 641. The van der Waals surface area contributed by atoms with E-state index in [0.717, 1.165) is 10.5 Å². The number of aliphatic hydroxyl groups excluding tert-OH is 1. The number of nitrogens with zero attached hydrogens (tertiary/aromatic N) is 1. The molecule has 20 heavy (non-hydrogen) atoms. The highest BCUT2D eigenvalue weighted by Gasteiger charge is 2.17. The first-order valence-corrected chi connectivity index (χ1v) is 7.00. The van der Waals surface area contributed by atoms with Gasteiger partial charge in [0.25, 0.3) is 5.69 Å². The zero-order valence-electron chi connectivity index (χ0n) is 11.2. The van der Waals surface area contributed by atoms with Crippen molar-refractivity contribution in [2.45, 2.75) is 29.7 Å². The van der Waals surface area contributed by atoms with Gasteiger partial charge < -0.3 is 5.11 Å². The van der Waals surface area contributed by atoms with Gasteiger partial charge in [-0.3, -0.25) is 10.1 Å². The van der Waals surface area contributed by atoms with E-state index in [0.29, 0.717) is 10.5 Å². The van der Waals surface area contributed by atoms with Gasteiger partial charge in [-0.15, -0.1) is 0 Å². The number of benzene rings is 2. The van der Waals surface area contributed by atoms with Crippen molar-refractivity contribution in [2.24, 2.45) is 0 Å². The van der Waals surface area contributed by atoms with Crippen LogP contribution in [-0.2, 0) is 0 Å². The Morgan fingerprint density at radius 2 is 1.90 bits per heavy atom. The second-order valence-electron chi connectivity index (χ2n) is 4.53. The van der Waals surface area contributed by atoms with Crippen LogP contribution in [0.25, 0.3) is 0 Å². The lowest BCUT2D eigenvalue weighted by atomic mass is 10.1. The molecular weight excluding hydrogens is 274 g/mol. The summed E-state index contributed by atoms with van der Waals surface area (Å²) < 4.78 is 0. The van der Waals surface area contributed by atoms with E-state index in [4.69, 9.17) is 0 Å². The summed E-state index contributed by atoms with van der Waals surface area (Å²) in [7, 11) is 0. The summed E-state index contributed by atoms with van der Waals surface area (Å²) in [5, 5.41) is 20.7. The Morgan fingerprint density at radius 3 is 2.50 bits per heavy atom. The summed E-state index contributed by atoms with van der Waals surface area (Å²) in [5.74, 6) is 0. The topological polar surface area (TPSA) is 63.4 Å². The second-order valence-corrected chi connectivity index (χ2v) is 5.61. The lowest BCUT2D eigenvalue weighted by Crippen LogP contribution is -1.96.